The van der Waals surface area contributed by atoms with Crippen molar-refractivity contribution in [2.24, 2.45) is 11.7 Å². The zero-order chi connectivity index (χ0) is 9.61. The number of hydrogen-bond acceptors (Lipinski definition) is 2. The van der Waals surface area contributed by atoms with E-state index >= 15 is 0 Å². The standard InChI is InChI=1S/C7H15F3N2/c1-6(4-11)2-3-12-5-7(8,9)10/h6,12H,2-5,11H2,1H3. The molecule has 1 unspecified atom stereocenters. The Kier molecular flexibility index (Phi) is 5.24. The summed E-state index contributed by atoms with van der Waals surface area (Å²) in [5.74, 6) is 0.283. The van der Waals surface area contributed by atoms with Gasteiger partial charge in [0.25, 0.3) is 0 Å². The van der Waals surface area contributed by atoms with E-state index < -0.39 is 12.7 Å². The van der Waals surface area contributed by atoms with Crippen molar-refractivity contribution in [3.8, 4) is 0 Å². The van der Waals surface area contributed by atoms with Gasteiger partial charge in [0.05, 0.1) is 6.54 Å². The summed E-state index contributed by atoms with van der Waals surface area (Å²) in [6.45, 7) is 1.89. The second kappa shape index (κ2) is 5.37. The van der Waals surface area contributed by atoms with Crippen molar-refractivity contribution >= 4 is 0 Å². The summed E-state index contributed by atoms with van der Waals surface area (Å²) in [6.07, 6.45) is -3.42. The third-order valence-corrected chi connectivity index (χ3v) is 1.54. The summed E-state index contributed by atoms with van der Waals surface area (Å²) in [4.78, 5) is 0. The summed E-state index contributed by atoms with van der Waals surface area (Å²) in [6, 6.07) is 0. The molecular weight excluding hydrogens is 169 g/mol. The molecule has 2 nitrogen and oxygen atoms in total. The first-order valence-corrected chi connectivity index (χ1v) is 3.93. The van der Waals surface area contributed by atoms with Crippen molar-refractivity contribution in [1.82, 2.24) is 5.32 Å². The SMILES string of the molecule is CC(CN)CCNCC(F)(F)F. The van der Waals surface area contributed by atoms with Crippen LogP contribution in [-0.4, -0.2) is 25.8 Å². The molecule has 0 aromatic carbocycles. The van der Waals surface area contributed by atoms with Crippen LogP contribution in [0.1, 0.15) is 13.3 Å². The molecule has 0 aliphatic carbocycles. The van der Waals surface area contributed by atoms with Gasteiger partial charge in [-0.2, -0.15) is 13.2 Å². The molecule has 74 valence electrons. The Hall–Kier alpha value is -0.290. The molecule has 0 bridgehead atoms. The Morgan fingerprint density at radius 2 is 2.00 bits per heavy atom. The predicted molar refractivity (Wildman–Crippen MR) is 41.8 cm³/mol. The van der Waals surface area contributed by atoms with E-state index in [0.29, 0.717) is 19.5 Å². The highest BCUT2D eigenvalue weighted by Crippen LogP contribution is 2.12. The van der Waals surface area contributed by atoms with Crippen molar-refractivity contribution in [2.75, 3.05) is 19.6 Å². The maximum absolute atomic E-state index is 11.6. The predicted octanol–water partition coefficient (Wildman–Crippen LogP) is 1.12. The van der Waals surface area contributed by atoms with Crippen LogP contribution in [0, 0.1) is 5.92 Å². The molecule has 0 amide bonds. The van der Waals surface area contributed by atoms with Gasteiger partial charge in [0.2, 0.25) is 0 Å². The molecule has 0 rings (SSSR count). The zero-order valence-electron chi connectivity index (χ0n) is 7.12. The molecule has 0 aliphatic rings. The third kappa shape index (κ3) is 7.81. The summed E-state index contributed by atoms with van der Waals surface area (Å²) >= 11 is 0. The van der Waals surface area contributed by atoms with E-state index in [1.807, 2.05) is 6.92 Å². The number of nitrogens with two attached hydrogens (primary N) is 1. The first kappa shape index (κ1) is 11.7. The minimum atomic E-state index is -4.11. The molecule has 0 radical (unpaired) electrons. The van der Waals surface area contributed by atoms with Gasteiger partial charge in [-0.3, -0.25) is 0 Å². The molecule has 12 heavy (non-hydrogen) atoms. The fourth-order valence-corrected chi connectivity index (χ4v) is 0.696. The fourth-order valence-electron chi connectivity index (χ4n) is 0.696. The second-order valence-corrected chi connectivity index (χ2v) is 2.92. The fraction of sp³-hybridized carbons (Fsp3) is 1.00. The molecule has 0 saturated carbocycles. The lowest BCUT2D eigenvalue weighted by atomic mass is 10.1. The van der Waals surface area contributed by atoms with Gasteiger partial charge in [0.15, 0.2) is 0 Å². The van der Waals surface area contributed by atoms with E-state index in [0.717, 1.165) is 0 Å². The van der Waals surface area contributed by atoms with Crippen LogP contribution in [0.15, 0.2) is 0 Å². The van der Waals surface area contributed by atoms with Gasteiger partial charge in [-0.05, 0) is 25.4 Å². The van der Waals surface area contributed by atoms with Crippen LogP contribution in [0.5, 0.6) is 0 Å². The van der Waals surface area contributed by atoms with Crippen LogP contribution in [0.25, 0.3) is 0 Å². The lowest BCUT2D eigenvalue weighted by molar-refractivity contribution is -0.124. The summed E-state index contributed by atoms with van der Waals surface area (Å²) < 4.78 is 34.7. The van der Waals surface area contributed by atoms with Crippen LogP contribution >= 0.6 is 0 Å². The summed E-state index contributed by atoms with van der Waals surface area (Å²) in [5, 5.41) is 2.31. The monoisotopic (exact) mass is 184 g/mol. The molecule has 1 atom stereocenters. The van der Waals surface area contributed by atoms with E-state index in [9.17, 15) is 13.2 Å². The molecule has 0 aromatic heterocycles. The minimum absolute atomic E-state index is 0.283. The lowest BCUT2D eigenvalue weighted by Crippen LogP contribution is -2.30. The normalized spacial score (nSPS) is 14.8. The molecule has 0 saturated heterocycles. The maximum atomic E-state index is 11.6. The maximum Gasteiger partial charge on any atom is 0.401 e. The van der Waals surface area contributed by atoms with Gasteiger partial charge >= 0.3 is 6.18 Å². The van der Waals surface area contributed by atoms with Gasteiger partial charge in [0, 0.05) is 0 Å². The smallest absolute Gasteiger partial charge is 0.330 e. The van der Waals surface area contributed by atoms with Crippen molar-refractivity contribution < 1.29 is 13.2 Å². The number of alkyl halides is 3. The second-order valence-electron chi connectivity index (χ2n) is 2.92. The van der Waals surface area contributed by atoms with Crippen molar-refractivity contribution in [1.29, 1.82) is 0 Å². The average Bonchev–Trinajstić information content (AvgIpc) is 1.96. The molecule has 3 N–H and O–H groups in total. The van der Waals surface area contributed by atoms with Crippen LogP contribution in [0.3, 0.4) is 0 Å². The van der Waals surface area contributed by atoms with Crippen LogP contribution in [-0.2, 0) is 0 Å². The Balaban J connectivity index is 3.22. The molecule has 0 aliphatic heterocycles. The topological polar surface area (TPSA) is 38.0 Å². The van der Waals surface area contributed by atoms with E-state index in [4.69, 9.17) is 5.73 Å². The van der Waals surface area contributed by atoms with Crippen LogP contribution in [0.4, 0.5) is 13.2 Å². The Morgan fingerprint density at radius 1 is 1.42 bits per heavy atom. The number of halogens is 3. The van der Waals surface area contributed by atoms with Gasteiger partial charge in [-0.1, -0.05) is 6.92 Å². The van der Waals surface area contributed by atoms with Crippen molar-refractivity contribution in [2.45, 2.75) is 19.5 Å². The van der Waals surface area contributed by atoms with Crippen LogP contribution < -0.4 is 11.1 Å². The lowest BCUT2D eigenvalue weighted by Gasteiger charge is -2.10. The van der Waals surface area contributed by atoms with Gasteiger partial charge in [-0.15, -0.1) is 0 Å². The van der Waals surface area contributed by atoms with E-state index in [2.05, 4.69) is 5.32 Å². The first-order valence-electron chi connectivity index (χ1n) is 3.93. The minimum Gasteiger partial charge on any atom is -0.330 e. The molecule has 0 fully saturated rings. The zero-order valence-corrected chi connectivity index (χ0v) is 7.12. The highest BCUT2D eigenvalue weighted by Gasteiger charge is 2.25. The van der Waals surface area contributed by atoms with E-state index in [1.54, 1.807) is 0 Å². The third-order valence-electron chi connectivity index (χ3n) is 1.54. The summed E-state index contributed by atoms with van der Waals surface area (Å²) in [5.41, 5.74) is 5.29. The Labute approximate surface area is 70.3 Å². The highest BCUT2D eigenvalue weighted by molar-refractivity contribution is 4.59. The van der Waals surface area contributed by atoms with E-state index in [1.165, 1.54) is 0 Å². The Morgan fingerprint density at radius 3 is 2.42 bits per heavy atom. The summed E-state index contributed by atoms with van der Waals surface area (Å²) in [7, 11) is 0. The average molecular weight is 184 g/mol. The van der Waals surface area contributed by atoms with Gasteiger partial charge in [0.1, 0.15) is 0 Å². The number of rotatable bonds is 5. The molecular formula is C7H15F3N2. The Bertz CT molecular complexity index is 114. The molecule has 5 heteroatoms. The first-order chi connectivity index (χ1) is 5.45. The van der Waals surface area contributed by atoms with Crippen molar-refractivity contribution in [3.63, 3.8) is 0 Å². The number of hydrogen-bond donors (Lipinski definition) is 2. The largest absolute Gasteiger partial charge is 0.401 e. The highest BCUT2D eigenvalue weighted by atomic mass is 19.4. The van der Waals surface area contributed by atoms with Gasteiger partial charge in [-0.25, -0.2) is 0 Å². The molecule has 0 heterocycles. The molecule has 0 spiro atoms. The van der Waals surface area contributed by atoms with E-state index in [-0.39, 0.29) is 5.92 Å². The van der Waals surface area contributed by atoms with Crippen LogP contribution in [0.2, 0.25) is 0 Å². The number of nitrogens with one attached hydrogen (secondary N) is 1. The molecule has 0 aromatic rings. The quantitative estimate of drug-likeness (QED) is 0.628. The van der Waals surface area contributed by atoms with Gasteiger partial charge < -0.3 is 11.1 Å². The van der Waals surface area contributed by atoms with Crippen molar-refractivity contribution in [3.05, 3.63) is 0 Å².